The number of halogens is 1. The van der Waals surface area contributed by atoms with E-state index < -0.39 is 0 Å². The molecule has 0 saturated carbocycles. The number of rotatable bonds is 5. The molecule has 0 fully saturated rings. The van der Waals surface area contributed by atoms with Crippen molar-refractivity contribution in [2.24, 2.45) is 5.92 Å². The first-order valence-corrected chi connectivity index (χ1v) is 11.8. The molecule has 1 amide bonds. The fourth-order valence-electron chi connectivity index (χ4n) is 5.81. The van der Waals surface area contributed by atoms with Gasteiger partial charge in [0.15, 0.2) is 0 Å². The van der Waals surface area contributed by atoms with Crippen LogP contribution in [-0.2, 0) is 11.2 Å². The lowest BCUT2D eigenvalue weighted by atomic mass is 9.77. The van der Waals surface area contributed by atoms with Crippen LogP contribution in [0.3, 0.4) is 0 Å². The minimum Gasteiger partial charge on any atom is -0.339 e. The number of benzene rings is 2. The number of amides is 1. The van der Waals surface area contributed by atoms with Crippen molar-refractivity contribution < 1.29 is 9.18 Å². The zero-order valence-corrected chi connectivity index (χ0v) is 19.5. The van der Waals surface area contributed by atoms with Crippen molar-refractivity contribution in [2.75, 3.05) is 7.05 Å². The highest BCUT2D eigenvalue weighted by Gasteiger charge is 2.38. The summed E-state index contributed by atoms with van der Waals surface area (Å²) in [5.74, 6) is 0.602. The second-order valence-corrected chi connectivity index (χ2v) is 9.42. The van der Waals surface area contributed by atoms with E-state index in [4.69, 9.17) is 0 Å². The third-order valence-electron chi connectivity index (χ3n) is 7.59. The number of hydrogen-bond acceptors (Lipinski definition) is 2. The topological polar surface area (TPSA) is 38.1 Å². The number of fused-ring (bicyclic) bond motifs is 1. The molecule has 1 unspecified atom stereocenters. The lowest BCUT2D eigenvalue weighted by Gasteiger charge is -2.33. The van der Waals surface area contributed by atoms with Crippen LogP contribution < -0.4 is 0 Å². The van der Waals surface area contributed by atoms with Crippen molar-refractivity contribution in [3.8, 4) is 5.69 Å². The predicted molar refractivity (Wildman–Crippen MR) is 128 cm³/mol. The summed E-state index contributed by atoms with van der Waals surface area (Å²) in [4.78, 5) is 14.2. The number of carbonyl (C=O) groups is 1. The Balaban J connectivity index is 1.44. The van der Waals surface area contributed by atoms with Gasteiger partial charge in [-0.25, -0.2) is 9.07 Å². The van der Waals surface area contributed by atoms with Gasteiger partial charge in [-0.05, 0) is 55.0 Å². The van der Waals surface area contributed by atoms with Crippen molar-refractivity contribution in [3.63, 3.8) is 0 Å². The average molecular weight is 444 g/mol. The highest BCUT2D eigenvalue weighted by Crippen LogP contribution is 2.50. The molecule has 170 valence electrons. The molecule has 2 aromatic carbocycles. The van der Waals surface area contributed by atoms with E-state index in [1.807, 2.05) is 28.9 Å². The lowest BCUT2D eigenvalue weighted by Crippen LogP contribution is -2.31. The molecule has 0 spiro atoms. The zero-order valence-electron chi connectivity index (χ0n) is 19.5. The highest BCUT2D eigenvalue weighted by atomic mass is 19.1. The van der Waals surface area contributed by atoms with E-state index >= 15 is 0 Å². The minimum absolute atomic E-state index is 0.0658. The molecule has 3 atom stereocenters. The van der Waals surface area contributed by atoms with Crippen LogP contribution >= 0.6 is 0 Å². The van der Waals surface area contributed by atoms with E-state index in [-0.39, 0.29) is 17.8 Å². The summed E-state index contributed by atoms with van der Waals surface area (Å²) in [6.45, 7) is 3.93. The van der Waals surface area contributed by atoms with Crippen LogP contribution in [0.4, 0.5) is 4.39 Å². The predicted octanol–water partition coefficient (Wildman–Crippen LogP) is 5.99. The van der Waals surface area contributed by atoms with E-state index in [9.17, 15) is 9.18 Å². The Labute approximate surface area is 194 Å². The largest absolute Gasteiger partial charge is 0.339 e. The molecule has 2 aliphatic carbocycles. The quantitative estimate of drug-likeness (QED) is 0.455. The Hall–Kier alpha value is -3.21. The van der Waals surface area contributed by atoms with Crippen molar-refractivity contribution in [3.05, 3.63) is 94.6 Å². The fourth-order valence-corrected chi connectivity index (χ4v) is 5.81. The monoisotopic (exact) mass is 443 g/mol. The second-order valence-electron chi connectivity index (χ2n) is 9.42. The van der Waals surface area contributed by atoms with Crippen molar-refractivity contribution >= 4 is 5.91 Å². The number of carbonyl (C=O) groups excluding carboxylic acids is 1. The summed E-state index contributed by atoms with van der Waals surface area (Å²) >= 11 is 0. The molecule has 1 aromatic heterocycles. The van der Waals surface area contributed by atoms with Gasteiger partial charge in [-0.15, -0.1) is 0 Å². The lowest BCUT2D eigenvalue weighted by molar-refractivity contribution is -0.130. The maximum absolute atomic E-state index is 13.4. The van der Waals surface area contributed by atoms with Gasteiger partial charge in [0.1, 0.15) is 5.82 Å². The average Bonchev–Trinajstić information content (AvgIpc) is 3.43. The summed E-state index contributed by atoms with van der Waals surface area (Å²) in [6.07, 6.45) is 6.02. The van der Waals surface area contributed by atoms with E-state index in [2.05, 4.69) is 36.3 Å². The molecule has 5 rings (SSSR count). The molecular formula is C28H30FN3O. The molecule has 5 heteroatoms. The SMILES string of the molecule is CC(=O)N(C)C(C[C@H]1CCC2=C1[C@@H](C)c1cnn(-c3ccc(F)cc3)c1C2)c1ccccc1. The van der Waals surface area contributed by atoms with Gasteiger partial charge in [-0.3, -0.25) is 4.79 Å². The molecule has 0 aliphatic heterocycles. The maximum atomic E-state index is 13.4. The van der Waals surface area contributed by atoms with E-state index in [0.29, 0.717) is 11.8 Å². The Morgan fingerprint density at radius 1 is 1.18 bits per heavy atom. The zero-order chi connectivity index (χ0) is 23.1. The number of hydrogen-bond donors (Lipinski definition) is 0. The van der Waals surface area contributed by atoms with Gasteiger partial charge in [0.2, 0.25) is 5.91 Å². The van der Waals surface area contributed by atoms with Crippen LogP contribution in [0.1, 0.15) is 61.9 Å². The number of aromatic nitrogens is 2. The molecule has 2 aliphatic rings. The van der Waals surface area contributed by atoms with Crippen LogP contribution in [0.25, 0.3) is 5.69 Å². The van der Waals surface area contributed by atoms with E-state index in [1.165, 1.54) is 34.5 Å². The van der Waals surface area contributed by atoms with Crippen LogP contribution in [-0.4, -0.2) is 27.6 Å². The molecule has 33 heavy (non-hydrogen) atoms. The summed E-state index contributed by atoms with van der Waals surface area (Å²) in [5, 5.41) is 4.68. The van der Waals surface area contributed by atoms with Crippen LogP contribution in [0.5, 0.6) is 0 Å². The molecule has 0 N–H and O–H groups in total. The van der Waals surface area contributed by atoms with Gasteiger partial charge in [0, 0.05) is 31.9 Å². The highest BCUT2D eigenvalue weighted by molar-refractivity contribution is 5.73. The first-order chi connectivity index (χ1) is 15.9. The Bertz CT molecular complexity index is 1200. The minimum atomic E-state index is -0.236. The number of allylic oxidation sites excluding steroid dienone is 2. The van der Waals surface area contributed by atoms with Crippen molar-refractivity contribution in [2.45, 2.75) is 51.5 Å². The van der Waals surface area contributed by atoms with Gasteiger partial charge in [0.25, 0.3) is 0 Å². The normalized spacial score (nSPS) is 20.4. The molecule has 3 aromatic rings. The van der Waals surface area contributed by atoms with E-state index in [1.54, 1.807) is 24.6 Å². The first-order valence-electron chi connectivity index (χ1n) is 11.8. The van der Waals surface area contributed by atoms with Gasteiger partial charge in [-0.1, -0.05) is 48.4 Å². The molecule has 4 nitrogen and oxygen atoms in total. The summed E-state index contributed by atoms with van der Waals surface area (Å²) < 4.78 is 15.4. The summed E-state index contributed by atoms with van der Waals surface area (Å²) in [7, 11) is 1.92. The smallest absolute Gasteiger partial charge is 0.219 e. The van der Waals surface area contributed by atoms with Crippen molar-refractivity contribution in [1.82, 2.24) is 14.7 Å². The van der Waals surface area contributed by atoms with Gasteiger partial charge in [0.05, 0.1) is 23.6 Å². The van der Waals surface area contributed by atoms with Gasteiger partial charge < -0.3 is 4.90 Å². The summed E-state index contributed by atoms with van der Waals surface area (Å²) in [5.41, 5.74) is 7.63. The Kier molecular flexibility index (Phi) is 5.65. The van der Waals surface area contributed by atoms with Gasteiger partial charge >= 0.3 is 0 Å². The van der Waals surface area contributed by atoms with Crippen molar-refractivity contribution in [1.29, 1.82) is 0 Å². The standard InChI is InChI=1S/C28H30FN3O/c1-18-25-17-30-32(24-13-11-23(29)12-14-24)27(25)16-22-10-9-21(28(18)22)15-26(31(3)19(2)33)20-7-5-4-6-8-20/h4-8,11-14,17-18,21,26H,9-10,15-16H2,1-3H3/t18-,21+,26?/m0/s1. The van der Waals surface area contributed by atoms with Crippen LogP contribution in [0, 0.1) is 11.7 Å². The number of nitrogens with zero attached hydrogens (tertiary/aromatic N) is 3. The summed E-state index contributed by atoms with van der Waals surface area (Å²) in [6, 6.07) is 17.0. The maximum Gasteiger partial charge on any atom is 0.219 e. The molecule has 0 saturated heterocycles. The van der Waals surface area contributed by atoms with Crippen LogP contribution in [0.15, 0.2) is 71.9 Å². The first kappa shape index (κ1) is 21.6. The molecule has 0 bridgehead atoms. The third kappa shape index (κ3) is 3.90. The second kappa shape index (κ2) is 8.62. The Morgan fingerprint density at radius 3 is 2.61 bits per heavy atom. The molecule has 1 heterocycles. The fraction of sp³-hybridized carbons (Fsp3) is 0.357. The van der Waals surface area contributed by atoms with Gasteiger partial charge in [-0.2, -0.15) is 5.10 Å². The molecular weight excluding hydrogens is 413 g/mol. The molecule has 0 radical (unpaired) electrons. The van der Waals surface area contributed by atoms with E-state index in [0.717, 1.165) is 31.4 Å². The Morgan fingerprint density at radius 2 is 1.91 bits per heavy atom. The third-order valence-corrected chi connectivity index (χ3v) is 7.59. The van der Waals surface area contributed by atoms with Crippen LogP contribution in [0.2, 0.25) is 0 Å².